The molecular formula is C16H18ClN. The number of nitrogens with one attached hydrogen (secondary N) is 1. The zero-order valence-corrected chi connectivity index (χ0v) is 11.1. The van der Waals surface area contributed by atoms with Crippen molar-refractivity contribution in [3.05, 3.63) is 71.3 Å². The molecule has 0 radical (unpaired) electrons. The Balaban J connectivity index is 0.00000120. The zero-order valence-electron chi connectivity index (χ0n) is 10.3. The van der Waals surface area contributed by atoms with Crippen molar-refractivity contribution in [1.82, 2.24) is 5.32 Å². The number of halogens is 1. The Morgan fingerprint density at radius 1 is 0.889 bits per heavy atom. The lowest BCUT2D eigenvalue weighted by atomic mass is 9.94. The highest BCUT2D eigenvalue weighted by atomic mass is 35.5. The summed E-state index contributed by atoms with van der Waals surface area (Å²) in [5.41, 5.74) is 4.30. The van der Waals surface area contributed by atoms with Crippen LogP contribution < -0.4 is 5.32 Å². The zero-order chi connectivity index (χ0) is 11.5. The molecule has 2 aromatic rings. The minimum absolute atomic E-state index is 0. The molecule has 0 fully saturated rings. The quantitative estimate of drug-likeness (QED) is 0.823. The van der Waals surface area contributed by atoms with E-state index >= 15 is 0 Å². The normalized spacial score (nSPS) is 18.3. The molecule has 1 aliphatic rings. The van der Waals surface area contributed by atoms with Crippen LogP contribution in [0.2, 0.25) is 0 Å². The molecule has 94 valence electrons. The molecule has 2 aromatic carbocycles. The van der Waals surface area contributed by atoms with Crippen molar-refractivity contribution in [2.24, 2.45) is 0 Å². The number of benzene rings is 2. The van der Waals surface area contributed by atoms with Gasteiger partial charge in [-0.05, 0) is 36.1 Å². The lowest BCUT2D eigenvalue weighted by Gasteiger charge is -2.19. The molecule has 1 aliphatic heterocycles. The van der Waals surface area contributed by atoms with Crippen LogP contribution in [-0.4, -0.2) is 6.54 Å². The molecule has 1 nitrogen and oxygen atoms in total. The number of hydrogen-bond donors (Lipinski definition) is 1. The first-order chi connectivity index (χ1) is 8.45. The van der Waals surface area contributed by atoms with Crippen LogP contribution in [0, 0.1) is 0 Å². The summed E-state index contributed by atoms with van der Waals surface area (Å²) in [5, 5.41) is 3.65. The molecule has 1 atom stereocenters. The third-order valence-corrected chi connectivity index (χ3v) is 3.47. The van der Waals surface area contributed by atoms with E-state index in [-0.39, 0.29) is 12.4 Å². The second-order valence-electron chi connectivity index (χ2n) is 4.60. The van der Waals surface area contributed by atoms with Gasteiger partial charge in [0, 0.05) is 0 Å². The predicted molar refractivity (Wildman–Crippen MR) is 78.3 cm³/mol. The van der Waals surface area contributed by atoms with Crippen LogP contribution in [0.15, 0.2) is 54.6 Å². The van der Waals surface area contributed by atoms with Gasteiger partial charge in [-0.25, -0.2) is 0 Å². The molecule has 0 aliphatic carbocycles. The number of rotatable bonds is 1. The van der Waals surface area contributed by atoms with Crippen LogP contribution in [-0.2, 0) is 6.42 Å². The van der Waals surface area contributed by atoms with Gasteiger partial charge in [0.15, 0.2) is 0 Å². The Bertz CT molecular complexity index is 495. The van der Waals surface area contributed by atoms with E-state index in [0.717, 1.165) is 6.54 Å². The fourth-order valence-electron chi connectivity index (χ4n) is 2.62. The summed E-state index contributed by atoms with van der Waals surface area (Å²) in [6, 6.07) is 19.9. The molecule has 0 amide bonds. The summed E-state index contributed by atoms with van der Waals surface area (Å²) in [4.78, 5) is 0. The summed E-state index contributed by atoms with van der Waals surface area (Å²) >= 11 is 0. The maximum Gasteiger partial charge on any atom is 0.0579 e. The molecule has 1 N–H and O–H groups in total. The monoisotopic (exact) mass is 259 g/mol. The maximum atomic E-state index is 3.65. The van der Waals surface area contributed by atoms with Crippen molar-refractivity contribution in [3.8, 4) is 0 Å². The molecule has 1 heterocycles. The molecule has 0 saturated carbocycles. The van der Waals surface area contributed by atoms with Crippen molar-refractivity contribution in [3.63, 3.8) is 0 Å². The highest BCUT2D eigenvalue weighted by Crippen LogP contribution is 2.27. The van der Waals surface area contributed by atoms with Crippen LogP contribution in [0.25, 0.3) is 0 Å². The fraction of sp³-hybridized carbons (Fsp3) is 0.250. The standard InChI is InChI=1S/C16H17N.ClH/c1-2-8-14(9-3-1)16-15-11-5-4-7-13(15)10-6-12-17-16;/h1-5,7-9,11,16-17H,6,10,12H2;1H. The van der Waals surface area contributed by atoms with Crippen molar-refractivity contribution >= 4 is 12.4 Å². The van der Waals surface area contributed by atoms with Gasteiger partial charge in [-0.3, -0.25) is 0 Å². The maximum absolute atomic E-state index is 3.65. The van der Waals surface area contributed by atoms with Gasteiger partial charge in [0.05, 0.1) is 6.04 Å². The fourth-order valence-corrected chi connectivity index (χ4v) is 2.62. The van der Waals surface area contributed by atoms with Crippen molar-refractivity contribution in [1.29, 1.82) is 0 Å². The smallest absolute Gasteiger partial charge is 0.0579 e. The van der Waals surface area contributed by atoms with Crippen LogP contribution in [0.1, 0.15) is 29.2 Å². The first kappa shape index (κ1) is 13.1. The molecule has 1 unspecified atom stereocenters. The van der Waals surface area contributed by atoms with E-state index in [0.29, 0.717) is 6.04 Å². The first-order valence-corrected chi connectivity index (χ1v) is 6.31. The van der Waals surface area contributed by atoms with Gasteiger partial charge in [-0.15, -0.1) is 12.4 Å². The summed E-state index contributed by atoms with van der Waals surface area (Å²) in [7, 11) is 0. The largest absolute Gasteiger partial charge is 0.306 e. The van der Waals surface area contributed by atoms with E-state index in [4.69, 9.17) is 0 Å². The Morgan fingerprint density at radius 3 is 2.44 bits per heavy atom. The second kappa shape index (κ2) is 6.03. The van der Waals surface area contributed by atoms with Crippen LogP contribution in [0.4, 0.5) is 0 Å². The molecule has 0 bridgehead atoms. The summed E-state index contributed by atoms with van der Waals surface area (Å²) in [6.07, 6.45) is 2.41. The van der Waals surface area contributed by atoms with E-state index in [1.165, 1.54) is 29.5 Å². The predicted octanol–water partition coefficient (Wildman–Crippen LogP) is 3.73. The van der Waals surface area contributed by atoms with E-state index in [9.17, 15) is 0 Å². The Hall–Kier alpha value is -1.31. The minimum atomic E-state index is 0. The molecule has 3 rings (SSSR count). The van der Waals surface area contributed by atoms with Gasteiger partial charge >= 0.3 is 0 Å². The Labute approximate surface area is 115 Å². The highest BCUT2D eigenvalue weighted by molar-refractivity contribution is 5.85. The summed E-state index contributed by atoms with van der Waals surface area (Å²) < 4.78 is 0. The van der Waals surface area contributed by atoms with Gasteiger partial charge in [0.25, 0.3) is 0 Å². The number of hydrogen-bond acceptors (Lipinski definition) is 1. The van der Waals surface area contributed by atoms with E-state index in [1.54, 1.807) is 0 Å². The average Bonchev–Trinajstić information content (AvgIpc) is 2.62. The van der Waals surface area contributed by atoms with Crippen LogP contribution in [0.3, 0.4) is 0 Å². The molecule has 0 aromatic heterocycles. The lowest BCUT2D eigenvalue weighted by molar-refractivity contribution is 0.609. The van der Waals surface area contributed by atoms with Gasteiger partial charge in [-0.2, -0.15) is 0 Å². The molecule has 18 heavy (non-hydrogen) atoms. The van der Waals surface area contributed by atoms with Gasteiger partial charge < -0.3 is 5.32 Å². The highest BCUT2D eigenvalue weighted by Gasteiger charge is 2.18. The molecular weight excluding hydrogens is 242 g/mol. The van der Waals surface area contributed by atoms with E-state index < -0.39 is 0 Å². The van der Waals surface area contributed by atoms with Gasteiger partial charge in [-0.1, -0.05) is 54.6 Å². The second-order valence-corrected chi connectivity index (χ2v) is 4.60. The average molecular weight is 260 g/mol. The minimum Gasteiger partial charge on any atom is -0.306 e. The number of fused-ring (bicyclic) bond motifs is 1. The van der Waals surface area contributed by atoms with Crippen LogP contribution >= 0.6 is 12.4 Å². The van der Waals surface area contributed by atoms with E-state index in [2.05, 4.69) is 59.9 Å². The topological polar surface area (TPSA) is 12.0 Å². The summed E-state index contributed by atoms with van der Waals surface area (Å²) in [5.74, 6) is 0. The summed E-state index contributed by atoms with van der Waals surface area (Å²) in [6.45, 7) is 1.09. The van der Waals surface area contributed by atoms with Crippen molar-refractivity contribution < 1.29 is 0 Å². The van der Waals surface area contributed by atoms with Gasteiger partial charge in [0.1, 0.15) is 0 Å². The first-order valence-electron chi connectivity index (χ1n) is 6.31. The molecule has 2 heteroatoms. The lowest BCUT2D eigenvalue weighted by Crippen LogP contribution is -2.21. The molecule has 0 spiro atoms. The molecule has 0 saturated heterocycles. The van der Waals surface area contributed by atoms with Gasteiger partial charge in [0.2, 0.25) is 0 Å². The van der Waals surface area contributed by atoms with Crippen molar-refractivity contribution in [2.45, 2.75) is 18.9 Å². The van der Waals surface area contributed by atoms with E-state index in [1.807, 2.05) is 0 Å². The van der Waals surface area contributed by atoms with Crippen molar-refractivity contribution in [2.75, 3.05) is 6.54 Å². The SMILES string of the molecule is Cl.c1ccc(C2NCCCc3ccccc32)cc1. The Kier molecular flexibility index (Phi) is 4.40. The third kappa shape index (κ3) is 2.58. The third-order valence-electron chi connectivity index (χ3n) is 3.47. The Morgan fingerprint density at radius 2 is 1.61 bits per heavy atom. The number of aryl methyl sites for hydroxylation is 1. The van der Waals surface area contributed by atoms with Crippen LogP contribution in [0.5, 0.6) is 0 Å².